The second-order valence-electron chi connectivity index (χ2n) is 3.43. The summed E-state index contributed by atoms with van der Waals surface area (Å²) in [7, 11) is 2.86. The van der Waals surface area contributed by atoms with Gasteiger partial charge in [-0.15, -0.1) is 0 Å². The molecule has 0 unspecified atom stereocenters. The number of ether oxygens (including phenoxy) is 2. The van der Waals surface area contributed by atoms with Crippen molar-refractivity contribution in [3.8, 4) is 11.5 Å². The minimum Gasteiger partial charge on any atom is -0.493 e. The molecule has 0 aliphatic carbocycles. The van der Waals surface area contributed by atoms with E-state index in [9.17, 15) is 8.78 Å². The Morgan fingerprint density at radius 2 is 1.69 bits per heavy atom. The molecule has 0 aliphatic heterocycles. The van der Waals surface area contributed by atoms with Crippen LogP contribution in [0.5, 0.6) is 11.5 Å². The van der Waals surface area contributed by atoms with Crippen molar-refractivity contribution < 1.29 is 18.3 Å². The number of halogens is 2. The van der Waals surface area contributed by atoms with Crippen molar-refractivity contribution in [3.63, 3.8) is 0 Å². The van der Waals surface area contributed by atoms with Gasteiger partial charge in [-0.3, -0.25) is 0 Å². The maximum Gasteiger partial charge on any atom is 0.285 e. The van der Waals surface area contributed by atoms with Crippen LogP contribution in [0.1, 0.15) is 11.1 Å². The molecule has 3 nitrogen and oxygen atoms in total. The molecule has 2 N–H and O–H groups in total. The molecule has 5 heteroatoms. The summed E-state index contributed by atoms with van der Waals surface area (Å²) in [4.78, 5) is 0. The van der Waals surface area contributed by atoms with Crippen molar-refractivity contribution >= 4 is 0 Å². The second-order valence-corrected chi connectivity index (χ2v) is 3.43. The maximum atomic E-state index is 13.5. The Morgan fingerprint density at radius 3 is 2.12 bits per heavy atom. The molecule has 0 spiro atoms. The molecular formula is C11H15F2NO2. The van der Waals surface area contributed by atoms with Crippen LogP contribution in [0.2, 0.25) is 0 Å². The van der Waals surface area contributed by atoms with E-state index in [1.54, 1.807) is 6.92 Å². The third kappa shape index (κ3) is 2.24. The van der Waals surface area contributed by atoms with E-state index in [2.05, 4.69) is 0 Å². The van der Waals surface area contributed by atoms with Crippen molar-refractivity contribution in [2.45, 2.75) is 12.8 Å². The fraction of sp³-hybridized carbons (Fsp3) is 0.455. The van der Waals surface area contributed by atoms with E-state index in [0.29, 0.717) is 11.3 Å². The van der Waals surface area contributed by atoms with Crippen molar-refractivity contribution in [1.82, 2.24) is 0 Å². The van der Waals surface area contributed by atoms with Gasteiger partial charge in [0.05, 0.1) is 20.8 Å². The summed E-state index contributed by atoms with van der Waals surface area (Å²) in [5, 5.41) is 0. The Hall–Kier alpha value is -1.36. The van der Waals surface area contributed by atoms with Gasteiger partial charge in [-0.05, 0) is 24.6 Å². The first kappa shape index (κ1) is 12.7. The van der Waals surface area contributed by atoms with Crippen LogP contribution < -0.4 is 15.2 Å². The number of hydrogen-bond acceptors (Lipinski definition) is 3. The summed E-state index contributed by atoms with van der Waals surface area (Å²) in [5.74, 6) is -2.35. The van der Waals surface area contributed by atoms with Gasteiger partial charge in [0.1, 0.15) is 0 Å². The standard InChI is InChI=1S/C11H15F2NO2/c1-7-4-9(15-2)10(16-3)5-8(7)11(12,13)6-14/h4-5H,6,14H2,1-3H3. The average molecular weight is 231 g/mol. The predicted octanol–water partition coefficient (Wildman–Crippen LogP) is 2.06. The number of rotatable bonds is 4. The van der Waals surface area contributed by atoms with Crippen LogP contribution in [0.15, 0.2) is 12.1 Å². The lowest BCUT2D eigenvalue weighted by Gasteiger charge is -2.19. The summed E-state index contributed by atoms with van der Waals surface area (Å²) < 4.78 is 36.9. The first-order valence-corrected chi connectivity index (χ1v) is 4.77. The Bertz CT molecular complexity index is 380. The summed E-state index contributed by atoms with van der Waals surface area (Å²) in [6.45, 7) is 0.851. The zero-order chi connectivity index (χ0) is 12.3. The number of benzene rings is 1. The van der Waals surface area contributed by atoms with Crippen molar-refractivity contribution in [1.29, 1.82) is 0 Å². The van der Waals surface area contributed by atoms with E-state index in [0.717, 1.165) is 0 Å². The molecule has 90 valence electrons. The van der Waals surface area contributed by atoms with Crippen molar-refractivity contribution in [2.24, 2.45) is 5.73 Å². The van der Waals surface area contributed by atoms with E-state index in [1.807, 2.05) is 0 Å². The molecule has 0 saturated heterocycles. The second kappa shape index (κ2) is 4.65. The highest BCUT2D eigenvalue weighted by molar-refractivity contribution is 5.48. The Balaban J connectivity index is 3.32. The van der Waals surface area contributed by atoms with Crippen LogP contribution in [0.4, 0.5) is 8.78 Å². The van der Waals surface area contributed by atoms with Crippen molar-refractivity contribution in [3.05, 3.63) is 23.3 Å². The molecule has 0 fully saturated rings. The fourth-order valence-electron chi connectivity index (χ4n) is 1.48. The molecule has 0 bridgehead atoms. The van der Waals surface area contributed by atoms with E-state index in [-0.39, 0.29) is 11.3 Å². The third-order valence-corrected chi connectivity index (χ3v) is 2.38. The van der Waals surface area contributed by atoms with Crippen LogP contribution in [0, 0.1) is 6.92 Å². The highest BCUT2D eigenvalue weighted by atomic mass is 19.3. The first-order chi connectivity index (χ1) is 7.46. The quantitative estimate of drug-likeness (QED) is 0.862. The normalized spacial score (nSPS) is 11.4. The fourth-order valence-corrected chi connectivity index (χ4v) is 1.48. The van der Waals surface area contributed by atoms with Crippen molar-refractivity contribution in [2.75, 3.05) is 20.8 Å². The lowest BCUT2D eigenvalue weighted by Crippen LogP contribution is -2.26. The Kier molecular flexibility index (Phi) is 3.70. The maximum absolute atomic E-state index is 13.5. The number of alkyl halides is 2. The molecule has 1 aromatic carbocycles. The summed E-state index contributed by atoms with van der Waals surface area (Å²) in [6, 6.07) is 2.78. The number of methoxy groups -OCH3 is 2. The molecule has 0 aromatic heterocycles. The van der Waals surface area contributed by atoms with Gasteiger partial charge in [0.2, 0.25) is 0 Å². The van der Waals surface area contributed by atoms with Gasteiger partial charge >= 0.3 is 0 Å². The molecule has 0 saturated carbocycles. The van der Waals surface area contributed by atoms with Gasteiger partial charge < -0.3 is 15.2 Å². The highest BCUT2D eigenvalue weighted by Crippen LogP contribution is 2.37. The van der Waals surface area contributed by atoms with Crippen LogP contribution in [-0.4, -0.2) is 20.8 Å². The topological polar surface area (TPSA) is 44.5 Å². The molecule has 0 amide bonds. The number of nitrogens with two attached hydrogens (primary N) is 1. The molecule has 0 atom stereocenters. The Labute approximate surface area is 93.2 Å². The summed E-state index contributed by atoms with van der Waals surface area (Å²) in [5.41, 5.74) is 5.34. The highest BCUT2D eigenvalue weighted by Gasteiger charge is 2.32. The summed E-state index contributed by atoms with van der Waals surface area (Å²) >= 11 is 0. The minimum absolute atomic E-state index is 0.132. The number of hydrogen-bond donors (Lipinski definition) is 1. The molecule has 0 radical (unpaired) electrons. The van der Waals surface area contributed by atoms with Gasteiger partial charge in [0.15, 0.2) is 11.5 Å². The van der Waals surface area contributed by atoms with Crippen LogP contribution in [0.25, 0.3) is 0 Å². The minimum atomic E-state index is -3.05. The smallest absolute Gasteiger partial charge is 0.285 e. The predicted molar refractivity (Wildman–Crippen MR) is 57.2 cm³/mol. The largest absolute Gasteiger partial charge is 0.493 e. The monoisotopic (exact) mass is 231 g/mol. The van der Waals surface area contributed by atoms with Crippen LogP contribution in [0.3, 0.4) is 0 Å². The van der Waals surface area contributed by atoms with Crippen LogP contribution >= 0.6 is 0 Å². The van der Waals surface area contributed by atoms with Gasteiger partial charge in [-0.25, -0.2) is 0 Å². The lowest BCUT2D eigenvalue weighted by molar-refractivity contribution is 0.00507. The first-order valence-electron chi connectivity index (χ1n) is 4.77. The van der Waals surface area contributed by atoms with E-state index in [1.165, 1.54) is 26.4 Å². The van der Waals surface area contributed by atoms with Gasteiger partial charge in [0, 0.05) is 5.56 Å². The third-order valence-electron chi connectivity index (χ3n) is 2.38. The van der Waals surface area contributed by atoms with E-state index >= 15 is 0 Å². The zero-order valence-corrected chi connectivity index (χ0v) is 9.51. The molecule has 1 aromatic rings. The Morgan fingerprint density at radius 1 is 1.19 bits per heavy atom. The van der Waals surface area contributed by atoms with Gasteiger partial charge in [-0.2, -0.15) is 8.78 Å². The summed E-state index contributed by atoms with van der Waals surface area (Å²) in [6.07, 6.45) is 0. The van der Waals surface area contributed by atoms with Crippen LogP contribution in [-0.2, 0) is 5.92 Å². The lowest BCUT2D eigenvalue weighted by atomic mass is 10.0. The molecule has 0 aliphatic rings. The van der Waals surface area contributed by atoms with E-state index in [4.69, 9.17) is 15.2 Å². The van der Waals surface area contributed by atoms with Gasteiger partial charge in [-0.1, -0.05) is 0 Å². The molecule has 0 heterocycles. The molecular weight excluding hydrogens is 216 g/mol. The molecule has 16 heavy (non-hydrogen) atoms. The van der Waals surface area contributed by atoms with Gasteiger partial charge in [0.25, 0.3) is 5.92 Å². The SMILES string of the molecule is COc1cc(C)c(C(F)(F)CN)cc1OC. The molecule has 1 rings (SSSR count). The average Bonchev–Trinajstić information content (AvgIpc) is 2.28. The van der Waals surface area contributed by atoms with E-state index < -0.39 is 12.5 Å². The number of aryl methyl sites for hydroxylation is 1. The zero-order valence-electron chi connectivity index (χ0n) is 9.51.